The van der Waals surface area contributed by atoms with Crippen LogP contribution in [-0.2, 0) is 15.1 Å². The number of para-hydroxylation sites is 1. The molecule has 1 aromatic carbocycles. The Kier molecular flexibility index (Phi) is 6.50. The van der Waals surface area contributed by atoms with Crippen LogP contribution in [0.3, 0.4) is 0 Å². The number of amides is 2. The Morgan fingerprint density at radius 1 is 1.14 bits per heavy atom. The lowest BCUT2D eigenvalue weighted by Crippen LogP contribution is -2.56. The first-order chi connectivity index (χ1) is 16.4. The minimum Gasteiger partial charge on any atom is -0.480 e. The highest BCUT2D eigenvalue weighted by atomic mass is 19.4. The summed E-state index contributed by atoms with van der Waals surface area (Å²) >= 11 is 0. The lowest BCUT2D eigenvalue weighted by atomic mass is 9.68. The summed E-state index contributed by atoms with van der Waals surface area (Å²) in [5, 5.41) is 9.28. The van der Waals surface area contributed by atoms with Crippen molar-refractivity contribution < 1.29 is 37.4 Å². The second-order valence-corrected chi connectivity index (χ2v) is 10.1. The molecule has 35 heavy (non-hydrogen) atoms. The number of halogens is 3. The second-order valence-electron chi connectivity index (χ2n) is 10.1. The number of carbonyl (C=O) groups is 3. The van der Waals surface area contributed by atoms with Crippen LogP contribution >= 0.6 is 0 Å². The van der Waals surface area contributed by atoms with Gasteiger partial charge in [-0.05, 0) is 64.6 Å². The standard InChI is InChI=1S/C24H30F3N3O5/c1-28(2)23(17-5-3-4-6-18(17)35-20(33)24(25,26)27)11-9-22(10-12-23)15-29(14-19(31)32)21(34)30(22)13-16-7-8-16/h3-6,16H,7-15H2,1-2H3,(H,31,32)/t22-,23-. The third-order valence-corrected chi connectivity index (χ3v) is 7.71. The number of urea groups is 1. The number of carbonyl (C=O) groups excluding carboxylic acids is 2. The third-order valence-electron chi connectivity index (χ3n) is 7.71. The quantitative estimate of drug-likeness (QED) is 0.459. The van der Waals surface area contributed by atoms with Crippen LogP contribution in [0.4, 0.5) is 18.0 Å². The summed E-state index contributed by atoms with van der Waals surface area (Å²) in [7, 11) is 3.66. The lowest BCUT2D eigenvalue weighted by Gasteiger charge is -2.51. The SMILES string of the molecule is CN(C)[C@]1(c2ccccc2OC(=O)C(F)(F)F)CC[C@@]2(CC1)CN(CC(=O)O)C(=O)N2CC1CC1. The number of hydrogen-bond acceptors (Lipinski definition) is 5. The molecule has 192 valence electrons. The van der Waals surface area contributed by atoms with Crippen molar-refractivity contribution in [1.29, 1.82) is 0 Å². The molecule has 3 fully saturated rings. The van der Waals surface area contributed by atoms with Gasteiger partial charge in [-0.3, -0.25) is 9.69 Å². The van der Waals surface area contributed by atoms with Gasteiger partial charge >= 0.3 is 24.1 Å². The van der Waals surface area contributed by atoms with Crippen molar-refractivity contribution in [2.75, 3.05) is 33.7 Å². The number of carboxylic acid groups (broad SMARTS) is 1. The number of rotatable bonds is 7. The summed E-state index contributed by atoms with van der Waals surface area (Å²) in [6.07, 6.45) is -0.957. The maximum Gasteiger partial charge on any atom is 0.491 e. The maximum atomic E-state index is 13.1. The Morgan fingerprint density at radius 3 is 2.31 bits per heavy atom. The van der Waals surface area contributed by atoms with Gasteiger partial charge in [0.25, 0.3) is 0 Å². The number of hydrogen-bond donors (Lipinski definition) is 1. The highest BCUT2D eigenvalue weighted by Crippen LogP contribution is 2.51. The fourth-order valence-electron chi connectivity index (χ4n) is 5.61. The molecule has 0 aromatic heterocycles. The first-order valence-electron chi connectivity index (χ1n) is 11.7. The molecule has 1 spiro atoms. The van der Waals surface area contributed by atoms with Gasteiger partial charge in [0.15, 0.2) is 0 Å². The number of ether oxygens (including phenoxy) is 1. The van der Waals surface area contributed by atoms with Gasteiger partial charge in [0, 0.05) is 24.2 Å². The van der Waals surface area contributed by atoms with Gasteiger partial charge in [-0.25, -0.2) is 9.59 Å². The van der Waals surface area contributed by atoms with Crippen molar-refractivity contribution in [3.63, 3.8) is 0 Å². The Labute approximate surface area is 201 Å². The highest BCUT2D eigenvalue weighted by molar-refractivity contribution is 5.83. The molecular weight excluding hydrogens is 467 g/mol. The van der Waals surface area contributed by atoms with E-state index in [1.165, 1.54) is 17.0 Å². The number of carboxylic acids is 1. The summed E-state index contributed by atoms with van der Waals surface area (Å²) in [5.74, 6) is -3.05. The van der Waals surface area contributed by atoms with Crippen LogP contribution in [-0.4, -0.2) is 83.2 Å². The molecule has 2 amide bonds. The van der Waals surface area contributed by atoms with Gasteiger partial charge in [0.05, 0.1) is 5.54 Å². The van der Waals surface area contributed by atoms with Crippen LogP contribution in [0.1, 0.15) is 44.1 Å². The van der Waals surface area contributed by atoms with Gasteiger partial charge in [0.1, 0.15) is 12.3 Å². The number of benzene rings is 1. The summed E-state index contributed by atoms with van der Waals surface area (Å²) < 4.78 is 43.5. The predicted octanol–water partition coefficient (Wildman–Crippen LogP) is 3.46. The summed E-state index contributed by atoms with van der Waals surface area (Å²) in [6, 6.07) is 5.99. The van der Waals surface area contributed by atoms with Crippen LogP contribution in [0.2, 0.25) is 0 Å². The molecule has 0 radical (unpaired) electrons. The zero-order chi connectivity index (χ0) is 25.6. The Morgan fingerprint density at radius 2 is 1.77 bits per heavy atom. The smallest absolute Gasteiger partial charge is 0.480 e. The minimum atomic E-state index is -5.11. The molecule has 1 aliphatic heterocycles. The van der Waals surface area contributed by atoms with E-state index in [4.69, 9.17) is 4.74 Å². The van der Waals surface area contributed by atoms with E-state index in [0.29, 0.717) is 50.3 Å². The van der Waals surface area contributed by atoms with E-state index in [2.05, 4.69) is 0 Å². The lowest BCUT2D eigenvalue weighted by molar-refractivity contribution is -0.189. The van der Waals surface area contributed by atoms with Crippen LogP contribution < -0.4 is 4.74 Å². The largest absolute Gasteiger partial charge is 0.491 e. The van der Waals surface area contributed by atoms with E-state index >= 15 is 0 Å². The van der Waals surface area contributed by atoms with Crippen molar-refractivity contribution in [3.05, 3.63) is 29.8 Å². The van der Waals surface area contributed by atoms with E-state index < -0.39 is 29.2 Å². The Hall–Kier alpha value is -2.82. The molecule has 1 aromatic rings. The van der Waals surface area contributed by atoms with Crippen molar-refractivity contribution in [2.45, 2.75) is 55.8 Å². The topological polar surface area (TPSA) is 90.4 Å². The van der Waals surface area contributed by atoms with Crippen molar-refractivity contribution >= 4 is 18.0 Å². The molecule has 1 heterocycles. The fourth-order valence-corrected chi connectivity index (χ4v) is 5.61. The molecule has 3 aliphatic rings. The molecule has 8 nitrogen and oxygen atoms in total. The average molecular weight is 498 g/mol. The molecule has 4 rings (SSSR count). The molecular formula is C24H30F3N3O5. The zero-order valence-electron chi connectivity index (χ0n) is 19.8. The van der Waals surface area contributed by atoms with E-state index in [-0.39, 0.29) is 18.3 Å². The first kappa shape index (κ1) is 25.3. The van der Waals surface area contributed by atoms with E-state index in [1.807, 2.05) is 23.9 Å². The van der Waals surface area contributed by atoms with Crippen molar-refractivity contribution in [3.8, 4) is 5.75 Å². The van der Waals surface area contributed by atoms with Crippen LogP contribution in [0.25, 0.3) is 0 Å². The molecule has 0 bridgehead atoms. The second kappa shape index (κ2) is 9.00. The molecule has 1 saturated heterocycles. The minimum absolute atomic E-state index is 0.135. The van der Waals surface area contributed by atoms with Crippen molar-refractivity contribution in [2.24, 2.45) is 5.92 Å². The Bertz CT molecular complexity index is 1000. The molecule has 2 aliphatic carbocycles. The van der Waals surface area contributed by atoms with Crippen LogP contribution in [0.5, 0.6) is 5.75 Å². The predicted molar refractivity (Wildman–Crippen MR) is 119 cm³/mol. The van der Waals surface area contributed by atoms with Gasteiger partial charge in [-0.1, -0.05) is 18.2 Å². The van der Waals surface area contributed by atoms with Crippen molar-refractivity contribution in [1.82, 2.24) is 14.7 Å². The summed E-state index contributed by atoms with van der Waals surface area (Å²) in [5.41, 5.74) is -0.771. The fraction of sp³-hybridized carbons (Fsp3) is 0.625. The zero-order valence-corrected chi connectivity index (χ0v) is 19.8. The van der Waals surface area contributed by atoms with E-state index in [1.54, 1.807) is 12.1 Å². The molecule has 1 N–H and O–H groups in total. The monoisotopic (exact) mass is 497 g/mol. The molecule has 11 heteroatoms. The number of esters is 1. The summed E-state index contributed by atoms with van der Waals surface area (Å²) in [6.45, 7) is 0.527. The number of alkyl halides is 3. The average Bonchev–Trinajstić information content (AvgIpc) is 3.57. The van der Waals surface area contributed by atoms with E-state index in [9.17, 15) is 32.7 Å². The third kappa shape index (κ3) is 4.82. The number of nitrogens with zero attached hydrogens (tertiary/aromatic N) is 3. The van der Waals surface area contributed by atoms with Crippen LogP contribution in [0.15, 0.2) is 24.3 Å². The first-order valence-corrected chi connectivity index (χ1v) is 11.7. The molecule has 0 atom stereocenters. The van der Waals surface area contributed by atoms with E-state index in [0.717, 1.165) is 12.8 Å². The van der Waals surface area contributed by atoms with Crippen LogP contribution in [0, 0.1) is 5.92 Å². The van der Waals surface area contributed by atoms with Gasteiger partial charge in [-0.2, -0.15) is 13.2 Å². The van der Waals surface area contributed by atoms with Gasteiger partial charge < -0.3 is 19.6 Å². The normalized spacial score (nSPS) is 27.1. The summed E-state index contributed by atoms with van der Waals surface area (Å²) in [4.78, 5) is 41.2. The van der Waals surface area contributed by atoms with Gasteiger partial charge in [-0.15, -0.1) is 0 Å². The Balaban J connectivity index is 1.63. The van der Waals surface area contributed by atoms with Gasteiger partial charge in [0.2, 0.25) is 0 Å². The molecule has 2 saturated carbocycles. The molecule has 0 unspecified atom stereocenters. The highest BCUT2D eigenvalue weighted by Gasteiger charge is 2.56. The number of aliphatic carboxylic acids is 1. The maximum absolute atomic E-state index is 13.1.